The lowest BCUT2D eigenvalue weighted by atomic mass is 10.2. The zero-order chi connectivity index (χ0) is 17.9. The van der Waals surface area contributed by atoms with Crippen molar-refractivity contribution in [2.24, 2.45) is 0 Å². The number of hydrogen-bond acceptors (Lipinski definition) is 1. The van der Waals surface area contributed by atoms with E-state index < -0.39 is 0 Å². The van der Waals surface area contributed by atoms with Gasteiger partial charge < -0.3 is 21.7 Å². The van der Waals surface area contributed by atoms with Gasteiger partial charge in [0.25, 0.3) is 0 Å². The lowest BCUT2D eigenvalue weighted by Gasteiger charge is -2.07. The first-order valence-corrected chi connectivity index (χ1v) is 8.95. The van der Waals surface area contributed by atoms with Gasteiger partial charge in [0.15, 0.2) is 0 Å². The van der Waals surface area contributed by atoms with Gasteiger partial charge in [-0.1, -0.05) is 60.7 Å². The van der Waals surface area contributed by atoms with Gasteiger partial charge in [-0.3, -0.25) is 0 Å². The van der Waals surface area contributed by atoms with E-state index in [0.717, 1.165) is 17.9 Å². The molecule has 0 fully saturated rings. The molecule has 0 N–H and O–H groups in total. The number of hydrogen-bond donors (Lipinski definition) is 0. The van der Waals surface area contributed by atoms with Gasteiger partial charge in [-0.2, -0.15) is 4.40 Å². The second kappa shape index (κ2) is 8.40. The van der Waals surface area contributed by atoms with Crippen molar-refractivity contribution in [3.63, 3.8) is 0 Å². The third-order valence-corrected chi connectivity index (χ3v) is 4.90. The third kappa shape index (κ3) is 3.91. The van der Waals surface area contributed by atoms with Gasteiger partial charge in [0.2, 0.25) is 5.75 Å². The Bertz CT molecular complexity index is 1030. The third-order valence-electron chi connectivity index (χ3n) is 4.90. The average Bonchev–Trinajstić information content (AvgIpc) is 2.93. The van der Waals surface area contributed by atoms with E-state index in [1.54, 1.807) is 0 Å². The van der Waals surface area contributed by atoms with Crippen molar-refractivity contribution >= 4 is 5.65 Å². The van der Waals surface area contributed by atoms with E-state index in [0.29, 0.717) is 6.61 Å². The molecule has 2 heterocycles. The second-order valence-corrected chi connectivity index (χ2v) is 6.58. The molecule has 0 saturated heterocycles. The minimum absolute atomic E-state index is 0. The molecule has 2 aromatic heterocycles. The first-order valence-electron chi connectivity index (χ1n) is 8.95. The maximum absolute atomic E-state index is 6.21. The van der Waals surface area contributed by atoms with Crippen molar-refractivity contribution in [2.45, 2.75) is 27.0 Å². The van der Waals surface area contributed by atoms with E-state index >= 15 is 0 Å². The highest BCUT2D eigenvalue weighted by atomic mass is 79.9. The number of fused-ring (bicyclic) bond motifs is 1. The van der Waals surface area contributed by atoms with Gasteiger partial charge in [-0.25, -0.2) is 4.57 Å². The average molecular weight is 423 g/mol. The predicted molar refractivity (Wildman–Crippen MR) is 103 cm³/mol. The molecule has 4 heteroatoms. The zero-order valence-corrected chi connectivity index (χ0v) is 17.2. The van der Waals surface area contributed by atoms with E-state index in [4.69, 9.17) is 4.74 Å². The van der Waals surface area contributed by atoms with Crippen molar-refractivity contribution in [1.29, 1.82) is 0 Å². The minimum atomic E-state index is 0. The molecule has 0 aliphatic rings. The zero-order valence-electron chi connectivity index (χ0n) is 15.6. The Kier molecular flexibility index (Phi) is 5.97. The van der Waals surface area contributed by atoms with E-state index in [9.17, 15) is 0 Å². The molecule has 0 spiro atoms. The molecule has 0 aliphatic heterocycles. The van der Waals surface area contributed by atoms with Crippen LogP contribution in [0.15, 0.2) is 79.0 Å². The number of halogens is 1. The number of aryl methyl sites for hydroxylation is 1. The summed E-state index contributed by atoms with van der Waals surface area (Å²) in [6.07, 6.45) is 2.11. The molecule has 4 aromatic rings. The largest absolute Gasteiger partial charge is 1.00 e. The molecule has 0 saturated carbocycles. The number of aromatic nitrogens is 2. The van der Waals surface area contributed by atoms with Crippen LogP contribution in [0, 0.1) is 13.8 Å². The fourth-order valence-corrected chi connectivity index (χ4v) is 3.35. The number of ether oxygens (including phenoxy) is 1. The van der Waals surface area contributed by atoms with Crippen LogP contribution in [0.25, 0.3) is 5.65 Å². The summed E-state index contributed by atoms with van der Waals surface area (Å²) >= 11 is 0. The monoisotopic (exact) mass is 422 g/mol. The SMILES string of the molecule is Cc1c(C)[n+]2cccc(OCc3ccccc3)c2n1Cc1ccccc1.[Br-]. The van der Waals surface area contributed by atoms with Gasteiger partial charge >= 0.3 is 5.65 Å². The Hall–Kier alpha value is -2.59. The van der Waals surface area contributed by atoms with E-state index in [2.05, 4.69) is 77.5 Å². The van der Waals surface area contributed by atoms with Crippen LogP contribution in [0.4, 0.5) is 0 Å². The Morgan fingerprint density at radius 2 is 1.44 bits per heavy atom. The van der Waals surface area contributed by atoms with Crippen LogP contribution in [0.2, 0.25) is 0 Å². The number of pyridine rings is 1. The van der Waals surface area contributed by atoms with Crippen LogP contribution in [0.1, 0.15) is 22.5 Å². The Morgan fingerprint density at radius 1 is 0.815 bits per heavy atom. The van der Waals surface area contributed by atoms with Crippen LogP contribution in [0.5, 0.6) is 5.75 Å². The Morgan fingerprint density at radius 3 is 2.11 bits per heavy atom. The fourth-order valence-electron chi connectivity index (χ4n) is 3.35. The number of imidazole rings is 1. The molecule has 4 rings (SSSR count). The molecule has 0 amide bonds. The molecule has 2 aromatic carbocycles. The van der Waals surface area contributed by atoms with Crippen LogP contribution >= 0.6 is 0 Å². The quantitative estimate of drug-likeness (QED) is 0.445. The van der Waals surface area contributed by atoms with Gasteiger partial charge in [0.1, 0.15) is 24.5 Å². The van der Waals surface area contributed by atoms with Gasteiger partial charge in [0, 0.05) is 13.8 Å². The number of rotatable bonds is 5. The Balaban J connectivity index is 0.00000210. The predicted octanol–water partition coefficient (Wildman–Crippen LogP) is 1.47. The molecule has 27 heavy (non-hydrogen) atoms. The highest BCUT2D eigenvalue weighted by Gasteiger charge is 2.23. The van der Waals surface area contributed by atoms with Crippen molar-refractivity contribution in [2.75, 3.05) is 0 Å². The van der Waals surface area contributed by atoms with Crippen molar-refractivity contribution in [1.82, 2.24) is 4.57 Å². The summed E-state index contributed by atoms with van der Waals surface area (Å²) in [6, 6.07) is 25.0. The summed E-state index contributed by atoms with van der Waals surface area (Å²) in [7, 11) is 0. The molecule has 0 radical (unpaired) electrons. The maximum atomic E-state index is 6.21. The summed E-state index contributed by atoms with van der Waals surface area (Å²) in [5, 5.41) is 0. The molecule has 0 aliphatic carbocycles. The summed E-state index contributed by atoms with van der Waals surface area (Å²) in [5.74, 6) is 0.906. The molecular formula is C23H23BrN2O. The van der Waals surface area contributed by atoms with Gasteiger partial charge in [-0.05, 0) is 23.3 Å². The molecular weight excluding hydrogens is 400 g/mol. The molecule has 0 atom stereocenters. The lowest BCUT2D eigenvalue weighted by Crippen LogP contribution is -3.00. The summed E-state index contributed by atoms with van der Waals surface area (Å²) in [5.41, 5.74) is 6.04. The van der Waals surface area contributed by atoms with E-state index in [-0.39, 0.29) is 17.0 Å². The summed E-state index contributed by atoms with van der Waals surface area (Å²) < 4.78 is 10.8. The summed E-state index contributed by atoms with van der Waals surface area (Å²) in [4.78, 5) is 0. The van der Waals surface area contributed by atoms with Gasteiger partial charge in [0.05, 0.1) is 6.20 Å². The van der Waals surface area contributed by atoms with E-state index in [1.807, 2.05) is 24.3 Å². The first kappa shape index (κ1) is 19.2. The molecule has 3 nitrogen and oxygen atoms in total. The Labute approximate surface area is 170 Å². The first-order chi connectivity index (χ1) is 12.7. The molecule has 0 bridgehead atoms. The number of benzene rings is 2. The highest BCUT2D eigenvalue weighted by Crippen LogP contribution is 2.22. The lowest BCUT2D eigenvalue weighted by molar-refractivity contribution is -0.519. The highest BCUT2D eigenvalue weighted by molar-refractivity contribution is 5.50. The van der Waals surface area contributed by atoms with Crippen LogP contribution in [-0.4, -0.2) is 4.57 Å². The minimum Gasteiger partial charge on any atom is -1.00 e. The second-order valence-electron chi connectivity index (χ2n) is 6.58. The smallest absolute Gasteiger partial charge is 0.329 e. The van der Waals surface area contributed by atoms with Crippen LogP contribution in [0.3, 0.4) is 0 Å². The van der Waals surface area contributed by atoms with Gasteiger partial charge in [-0.15, -0.1) is 0 Å². The fraction of sp³-hybridized carbons (Fsp3) is 0.174. The maximum Gasteiger partial charge on any atom is 0.329 e. The van der Waals surface area contributed by atoms with Crippen molar-refractivity contribution in [3.05, 3.63) is 102 Å². The van der Waals surface area contributed by atoms with Crippen LogP contribution < -0.4 is 26.1 Å². The topological polar surface area (TPSA) is 18.3 Å². The van der Waals surface area contributed by atoms with Crippen molar-refractivity contribution in [3.8, 4) is 5.75 Å². The molecule has 0 unspecified atom stereocenters. The van der Waals surface area contributed by atoms with E-state index in [1.165, 1.54) is 22.5 Å². The van der Waals surface area contributed by atoms with Crippen molar-refractivity contribution < 1.29 is 26.1 Å². The van der Waals surface area contributed by atoms with Crippen LogP contribution in [-0.2, 0) is 13.2 Å². The molecule has 138 valence electrons. The normalized spacial score (nSPS) is 10.6. The summed E-state index contributed by atoms with van der Waals surface area (Å²) in [6.45, 7) is 5.72. The number of nitrogens with zero attached hydrogens (tertiary/aromatic N) is 2. The standard InChI is InChI=1S/C23H23N2O.BrH/c1-18-19(2)25(16-20-10-5-3-6-11-20)23-22(14-9-15-24(18)23)26-17-21-12-7-4-8-13-21;/h3-15H,16-17H2,1-2H3;1H/q+1;/p-1.